The zero-order chi connectivity index (χ0) is 18.8. The number of amides is 1. The van der Waals surface area contributed by atoms with Crippen molar-refractivity contribution >= 4 is 39.2 Å². The van der Waals surface area contributed by atoms with E-state index in [1.54, 1.807) is 6.92 Å². The van der Waals surface area contributed by atoms with E-state index in [9.17, 15) is 9.59 Å². The van der Waals surface area contributed by atoms with Crippen LogP contribution >= 0.6 is 11.3 Å². The number of carbonyl (C=O) groups is 2. The lowest BCUT2D eigenvalue weighted by atomic mass is 10.2. The van der Waals surface area contributed by atoms with Gasteiger partial charge in [-0.2, -0.15) is 0 Å². The van der Waals surface area contributed by atoms with E-state index in [1.165, 1.54) is 11.3 Å². The molecular weight excluding hydrogens is 352 g/mol. The zero-order valence-electron chi connectivity index (χ0n) is 15.6. The van der Waals surface area contributed by atoms with Gasteiger partial charge in [0.05, 0.1) is 12.0 Å². The van der Waals surface area contributed by atoms with Crippen LogP contribution in [0.4, 0.5) is 5.82 Å². The monoisotopic (exact) mass is 376 g/mol. The number of carbonyl (C=O) groups excluding carboxylic acids is 2. The topological polar surface area (TPSA) is 84.4 Å². The average Bonchev–Trinajstić information content (AvgIpc) is 3.19. The van der Waals surface area contributed by atoms with Crippen molar-refractivity contribution in [2.75, 3.05) is 25.0 Å². The van der Waals surface area contributed by atoms with Crippen LogP contribution in [-0.4, -0.2) is 52.5 Å². The summed E-state index contributed by atoms with van der Waals surface area (Å²) in [6.45, 7) is 9.18. The molecule has 0 aliphatic carbocycles. The summed E-state index contributed by atoms with van der Waals surface area (Å²) in [4.78, 5) is 36.4. The van der Waals surface area contributed by atoms with Crippen molar-refractivity contribution < 1.29 is 14.3 Å². The van der Waals surface area contributed by atoms with Gasteiger partial charge in [-0.25, -0.2) is 14.8 Å². The Labute approximate surface area is 156 Å². The minimum atomic E-state index is -0.322. The normalized spacial score (nSPS) is 16.9. The quantitative estimate of drug-likeness (QED) is 0.808. The summed E-state index contributed by atoms with van der Waals surface area (Å²) >= 11 is 1.34. The second-order valence-corrected chi connectivity index (χ2v) is 7.40. The number of aromatic nitrogens is 2. The molecule has 0 saturated carbocycles. The maximum atomic E-state index is 12.2. The molecule has 26 heavy (non-hydrogen) atoms. The van der Waals surface area contributed by atoms with Gasteiger partial charge in [0, 0.05) is 25.6 Å². The SMILES string of the molecule is CCOC(=O)c1sc2nc(C)nc(NC3CCN(C(=O)CC)C3)c2c1C. The number of rotatable bonds is 5. The highest BCUT2D eigenvalue weighted by atomic mass is 32.1. The van der Waals surface area contributed by atoms with Gasteiger partial charge in [-0.1, -0.05) is 6.92 Å². The van der Waals surface area contributed by atoms with Gasteiger partial charge in [-0.05, 0) is 32.8 Å². The molecule has 1 aliphatic rings. The third kappa shape index (κ3) is 3.51. The summed E-state index contributed by atoms with van der Waals surface area (Å²) in [6, 6.07) is 0.147. The first kappa shape index (κ1) is 18.6. The Kier molecular flexibility index (Phi) is 5.41. The zero-order valence-corrected chi connectivity index (χ0v) is 16.4. The molecule has 2 aromatic heterocycles. The number of thiophene rings is 1. The van der Waals surface area contributed by atoms with Crippen molar-refractivity contribution in [3.05, 3.63) is 16.3 Å². The summed E-state index contributed by atoms with van der Waals surface area (Å²) in [5.41, 5.74) is 0.838. The molecule has 2 aromatic rings. The molecule has 3 heterocycles. The summed E-state index contributed by atoms with van der Waals surface area (Å²) in [5, 5.41) is 4.33. The second-order valence-electron chi connectivity index (χ2n) is 6.40. The Morgan fingerprint density at radius 1 is 1.31 bits per heavy atom. The van der Waals surface area contributed by atoms with Crippen molar-refractivity contribution in [3.8, 4) is 0 Å². The molecule has 3 rings (SSSR count). The van der Waals surface area contributed by atoms with Crippen molar-refractivity contribution in [3.63, 3.8) is 0 Å². The third-order valence-corrected chi connectivity index (χ3v) is 5.71. The van der Waals surface area contributed by atoms with Crippen LogP contribution in [0.15, 0.2) is 0 Å². The van der Waals surface area contributed by atoms with Gasteiger partial charge >= 0.3 is 5.97 Å². The molecule has 1 fully saturated rings. The molecule has 7 nitrogen and oxygen atoms in total. The number of esters is 1. The first-order valence-corrected chi connectivity index (χ1v) is 9.75. The van der Waals surface area contributed by atoms with Crippen molar-refractivity contribution in [2.24, 2.45) is 0 Å². The predicted octanol–water partition coefficient (Wildman–Crippen LogP) is 2.91. The molecule has 0 bridgehead atoms. The lowest BCUT2D eigenvalue weighted by Gasteiger charge is -2.17. The minimum absolute atomic E-state index is 0.147. The van der Waals surface area contributed by atoms with E-state index in [0.29, 0.717) is 30.3 Å². The first-order chi connectivity index (χ1) is 12.4. The van der Waals surface area contributed by atoms with Gasteiger partial charge in [0.1, 0.15) is 21.3 Å². The van der Waals surface area contributed by atoms with Gasteiger partial charge in [-0.15, -0.1) is 11.3 Å². The van der Waals surface area contributed by atoms with Crippen LogP contribution in [0.5, 0.6) is 0 Å². The molecule has 1 N–H and O–H groups in total. The number of hydrogen-bond acceptors (Lipinski definition) is 7. The molecule has 8 heteroatoms. The first-order valence-electron chi connectivity index (χ1n) is 8.93. The van der Waals surface area contributed by atoms with Gasteiger partial charge in [0.25, 0.3) is 0 Å². The number of anilines is 1. The number of aryl methyl sites for hydroxylation is 2. The van der Waals surface area contributed by atoms with Crippen LogP contribution in [0, 0.1) is 13.8 Å². The predicted molar refractivity (Wildman–Crippen MR) is 102 cm³/mol. The van der Waals surface area contributed by atoms with E-state index in [-0.39, 0.29) is 17.9 Å². The fraction of sp³-hybridized carbons (Fsp3) is 0.556. The molecule has 1 saturated heterocycles. The standard InChI is InChI=1S/C18H24N4O3S/c1-5-13(23)22-8-7-12(9-22)21-16-14-10(3)15(18(24)25-6-2)26-17(14)20-11(4)19-16/h12H,5-9H2,1-4H3,(H,19,20,21). The number of ether oxygens (including phenoxy) is 1. The maximum absolute atomic E-state index is 12.2. The highest BCUT2D eigenvalue weighted by Crippen LogP contribution is 2.35. The van der Waals surface area contributed by atoms with Crippen molar-refractivity contribution in [1.82, 2.24) is 14.9 Å². The number of nitrogens with one attached hydrogen (secondary N) is 1. The summed E-state index contributed by atoms with van der Waals surface area (Å²) < 4.78 is 5.15. The molecule has 1 amide bonds. The molecule has 0 spiro atoms. The summed E-state index contributed by atoms with van der Waals surface area (Å²) in [7, 11) is 0. The van der Waals surface area contributed by atoms with Crippen LogP contribution in [0.3, 0.4) is 0 Å². The molecule has 1 atom stereocenters. The van der Waals surface area contributed by atoms with Crippen LogP contribution in [0.2, 0.25) is 0 Å². The van der Waals surface area contributed by atoms with Gasteiger partial charge < -0.3 is 15.0 Å². The van der Waals surface area contributed by atoms with Gasteiger partial charge in [0.2, 0.25) is 5.91 Å². The number of nitrogens with zero attached hydrogens (tertiary/aromatic N) is 3. The summed E-state index contributed by atoms with van der Waals surface area (Å²) in [6.07, 6.45) is 1.40. The van der Waals surface area contributed by atoms with E-state index in [0.717, 1.165) is 34.6 Å². The Bertz CT molecular complexity index is 849. The smallest absolute Gasteiger partial charge is 0.348 e. The summed E-state index contributed by atoms with van der Waals surface area (Å²) in [5.74, 6) is 1.23. The molecular formula is C18H24N4O3S. The van der Waals surface area contributed by atoms with Crippen molar-refractivity contribution in [1.29, 1.82) is 0 Å². The Balaban J connectivity index is 1.91. The van der Waals surface area contributed by atoms with E-state index >= 15 is 0 Å². The Morgan fingerprint density at radius 2 is 2.08 bits per heavy atom. The van der Waals surface area contributed by atoms with Crippen LogP contribution in [0.1, 0.15) is 47.7 Å². The van der Waals surface area contributed by atoms with Crippen LogP contribution in [0.25, 0.3) is 10.2 Å². The fourth-order valence-corrected chi connectivity index (χ4v) is 4.38. The van der Waals surface area contributed by atoms with Gasteiger partial charge in [0.15, 0.2) is 0 Å². The molecule has 0 radical (unpaired) electrons. The number of fused-ring (bicyclic) bond motifs is 1. The maximum Gasteiger partial charge on any atom is 0.348 e. The Hall–Kier alpha value is -2.22. The molecule has 1 unspecified atom stereocenters. The highest BCUT2D eigenvalue weighted by Gasteiger charge is 2.27. The van der Waals surface area contributed by atoms with E-state index in [4.69, 9.17) is 4.74 Å². The van der Waals surface area contributed by atoms with Crippen LogP contribution in [-0.2, 0) is 9.53 Å². The lowest BCUT2D eigenvalue weighted by Crippen LogP contribution is -2.31. The highest BCUT2D eigenvalue weighted by molar-refractivity contribution is 7.20. The third-order valence-electron chi connectivity index (χ3n) is 4.55. The van der Waals surface area contributed by atoms with Crippen LogP contribution < -0.4 is 5.32 Å². The fourth-order valence-electron chi connectivity index (χ4n) is 3.26. The molecule has 0 aromatic carbocycles. The molecule has 140 valence electrons. The largest absolute Gasteiger partial charge is 0.462 e. The molecule has 1 aliphatic heterocycles. The van der Waals surface area contributed by atoms with Gasteiger partial charge in [-0.3, -0.25) is 4.79 Å². The van der Waals surface area contributed by atoms with E-state index in [2.05, 4.69) is 15.3 Å². The lowest BCUT2D eigenvalue weighted by molar-refractivity contribution is -0.129. The Morgan fingerprint density at radius 3 is 2.77 bits per heavy atom. The average molecular weight is 376 g/mol. The van der Waals surface area contributed by atoms with Crippen molar-refractivity contribution in [2.45, 2.75) is 46.6 Å². The van der Waals surface area contributed by atoms with E-state index in [1.807, 2.05) is 25.7 Å². The second kappa shape index (κ2) is 7.57. The minimum Gasteiger partial charge on any atom is -0.462 e. The number of likely N-dealkylation sites (tertiary alicyclic amines) is 1. The van der Waals surface area contributed by atoms with E-state index < -0.39 is 0 Å². The number of hydrogen-bond donors (Lipinski definition) is 1.